The lowest BCUT2D eigenvalue weighted by molar-refractivity contribution is -0.123. The molecular formula is C14H16N2O3. The van der Waals surface area contributed by atoms with E-state index in [1.54, 1.807) is 25.3 Å². The van der Waals surface area contributed by atoms with Crippen LogP contribution in [0.15, 0.2) is 18.2 Å². The molecule has 1 aromatic carbocycles. The van der Waals surface area contributed by atoms with E-state index >= 15 is 0 Å². The summed E-state index contributed by atoms with van der Waals surface area (Å²) >= 11 is 0. The van der Waals surface area contributed by atoms with E-state index < -0.39 is 0 Å². The Balaban J connectivity index is 2.13. The average Bonchev–Trinajstić information content (AvgIpc) is 2.48. The van der Waals surface area contributed by atoms with E-state index in [9.17, 15) is 4.79 Å². The molecular weight excluding hydrogens is 244 g/mol. The smallest absolute Gasteiger partial charge is 0.229 e. The zero-order valence-corrected chi connectivity index (χ0v) is 10.8. The number of nitrogens with one attached hydrogen (secondary N) is 1. The van der Waals surface area contributed by atoms with Gasteiger partial charge in [0, 0.05) is 12.7 Å². The van der Waals surface area contributed by atoms with E-state index in [1.165, 1.54) is 0 Å². The van der Waals surface area contributed by atoms with Crippen molar-refractivity contribution in [2.24, 2.45) is 5.92 Å². The minimum Gasteiger partial charge on any atom is -0.497 e. The molecule has 0 spiro atoms. The van der Waals surface area contributed by atoms with Gasteiger partial charge < -0.3 is 14.8 Å². The third-order valence-corrected chi connectivity index (χ3v) is 3.14. The molecule has 1 N–H and O–H groups in total. The number of nitriles is 1. The van der Waals surface area contributed by atoms with Crippen LogP contribution in [0.25, 0.3) is 0 Å². The normalized spacial score (nSPS) is 18.4. The summed E-state index contributed by atoms with van der Waals surface area (Å²) in [6.07, 6.45) is 1.71. The lowest BCUT2D eigenvalue weighted by Crippen LogP contribution is -2.30. The number of benzene rings is 1. The summed E-state index contributed by atoms with van der Waals surface area (Å²) in [6, 6.07) is 7.03. The number of hydrogen-bond acceptors (Lipinski definition) is 4. The standard InChI is InChI=1S/C14H16N2O3/c1-18-12-5-4-10(8-15)13(7-12)16-14(17)11-3-2-6-19-9-11/h4-5,7,11H,2-3,6,9H2,1H3,(H,16,17)/t11-/m0/s1. The molecule has 0 radical (unpaired) electrons. The van der Waals surface area contributed by atoms with Crippen molar-refractivity contribution in [3.8, 4) is 11.8 Å². The third kappa shape index (κ3) is 3.24. The van der Waals surface area contributed by atoms with Crippen molar-refractivity contribution in [2.45, 2.75) is 12.8 Å². The molecule has 0 unspecified atom stereocenters. The Kier molecular flexibility index (Phi) is 4.37. The minimum atomic E-state index is -0.147. The van der Waals surface area contributed by atoms with E-state index in [0.29, 0.717) is 30.2 Å². The molecule has 1 aliphatic rings. The number of carbonyl (C=O) groups is 1. The van der Waals surface area contributed by atoms with Crippen molar-refractivity contribution >= 4 is 11.6 Å². The van der Waals surface area contributed by atoms with E-state index in [4.69, 9.17) is 14.7 Å². The molecule has 0 aliphatic carbocycles. The molecule has 0 saturated carbocycles. The molecule has 100 valence electrons. The van der Waals surface area contributed by atoms with E-state index in [1.807, 2.05) is 0 Å². The maximum absolute atomic E-state index is 12.1. The van der Waals surface area contributed by atoms with Crippen LogP contribution in [0.1, 0.15) is 18.4 Å². The van der Waals surface area contributed by atoms with Crippen LogP contribution < -0.4 is 10.1 Å². The largest absolute Gasteiger partial charge is 0.497 e. The molecule has 1 aromatic rings. The zero-order valence-electron chi connectivity index (χ0n) is 10.8. The molecule has 2 rings (SSSR count). The maximum atomic E-state index is 12.1. The van der Waals surface area contributed by atoms with Crippen LogP contribution in [0, 0.1) is 17.2 Å². The van der Waals surface area contributed by atoms with Crippen molar-refractivity contribution in [1.29, 1.82) is 5.26 Å². The molecule has 1 atom stereocenters. The highest BCUT2D eigenvalue weighted by Crippen LogP contribution is 2.23. The fourth-order valence-corrected chi connectivity index (χ4v) is 2.03. The Morgan fingerprint density at radius 3 is 3.05 bits per heavy atom. The minimum absolute atomic E-state index is 0.107. The van der Waals surface area contributed by atoms with Crippen LogP contribution in [0.5, 0.6) is 5.75 Å². The Hall–Kier alpha value is -2.06. The fourth-order valence-electron chi connectivity index (χ4n) is 2.03. The fraction of sp³-hybridized carbons (Fsp3) is 0.429. The second kappa shape index (κ2) is 6.21. The first-order valence-corrected chi connectivity index (χ1v) is 6.21. The predicted octanol–water partition coefficient (Wildman–Crippen LogP) is 1.93. The van der Waals surface area contributed by atoms with E-state index in [-0.39, 0.29) is 11.8 Å². The number of rotatable bonds is 3. The number of amides is 1. The van der Waals surface area contributed by atoms with Gasteiger partial charge in [-0.1, -0.05) is 0 Å². The molecule has 5 nitrogen and oxygen atoms in total. The molecule has 0 aromatic heterocycles. The molecule has 1 aliphatic heterocycles. The second-order valence-electron chi connectivity index (χ2n) is 4.43. The number of anilines is 1. The molecule has 5 heteroatoms. The van der Waals surface area contributed by atoms with Gasteiger partial charge in [0.2, 0.25) is 5.91 Å². The molecule has 1 heterocycles. The van der Waals surface area contributed by atoms with Crippen LogP contribution >= 0.6 is 0 Å². The zero-order chi connectivity index (χ0) is 13.7. The highest BCUT2D eigenvalue weighted by atomic mass is 16.5. The summed E-state index contributed by atoms with van der Waals surface area (Å²) in [5, 5.41) is 11.8. The Labute approximate surface area is 112 Å². The lowest BCUT2D eigenvalue weighted by atomic mass is 10.0. The van der Waals surface area contributed by atoms with Crippen LogP contribution in [0.3, 0.4) is 0 Å². The van der Waals surface area contributed by atoms with Gasteiger partial charge in [-0.3, -0.25) is 4.79 Å². The Morgan fingerprint density at radius 1 is 1.58 bits per heavy atom. The molecule has 1 fully saturated rings. The van der Waals surface area contributed by atoms with Crippen LogP contribution in [0.4, 0.5) is 5.69 Å². The first kappa shape index (κ1) is 13.4. The SMILES string of the molecule is COc1ccc(C#N)c(NC(=O)[C@H]2CCCOC2)c1. The summed E-state index contributed by atoms with van der Waals surface area (Å²) < 4.78 is 10.4. The highest BCUT2D eigenvalue weighted by molar-refractivity contribution is 5.94. The summed E-state index contributed by atoms with van der Waals surface area (Å²) in [6.45, 7) is 1.16. The van der Waals surface area contributed by atoms with E-state index in [0.717, 1.165) is 12.8 Å². The van der Waals surface area contributed by atoms with Gasteiger partial charge in [-0.15, -0.1) is 0 Å². The Bertz CT molecular complexity index is 502. The van der Waals surface area contributed by atoms with Gasteiger partial charge in [0.15, 0.2) is 0 Å². The topological polar surface area (TPSA) is 71.3 Å². The molecule has 1 saturated heterocycles. The quantitative estimate of drug-likeness (QED) is 0.901. The molecule has 19 heavy (non-hydrogen) atoms. The van der Waals surface area contributed by atoms with Crippen molar-refractivity contribution in [3.05, 3.63) is 23.8 Å². The van der Waals surface area contributed by atoms with Crippen molar-refractivity contribution in [3.63, 3.8) is 0 Å². The lowest BCUT2D eigenvalue weighted by Gasteiger charge is -2.21. The summed E-state index contributed by atoms with van der Waals surface area (Å²) in [5.41, 5.74) is 0.906. The predicted molar refractivity (Wildman–Crippen MR) is 69.9 cm³/mol. The number of ether oxygens (including phenoxy) is 2. The maximum Gasteiger partial charge on any atom is 0.229 e. The Morgan fingerprint density at radius 2 is 2.42 bits per heavy atom. The summed E-state index contributed by atoms with van der Waals surface area (Å²) in [5.74, 6) is 0.352. The first-order valence-electron chi connectivity index (χ1n) is 6.21. The average molecular weight is 260 g/mol. The van der Waals surface area contributed by atoms with Gasteiger partial charge in [0.25, 0.3) is 0 Å². The number of hydrogen-bond donors (Lipinski definition) is 1. The summed E-state index contributed by atoms with van der Waals surface area (Å²) in [7, 11) is 1.54. The van der Waals surface area contributed by atoms with Crippen LogP contribution in [-0.4, -0.2) is 26.2 Å². The van der Waals surface area contributed by atoms with Gasteiger partial charge in [0.1, 0.15) is 11.8 Å². The van der Waals surface area contributed by atoms with Crippen molar-refractivity contribution < 1.29 is 14.3 Å². The first-order chi connectivity index (χ1) is 9.24. The number of methoxy groups -OCH3 is 1. The second-order valence-corrected chi connectivity index (χ2v) is 4.43. The van der Waals surface area contributed by atoms with Crippen LogP contribution in [0.2, 0.25) is 0 Å². The van der Waals surface area contributed by atoms with Gasteiger partial charge >= 0.3 is 0 Å². The molecule has 0 bridgehead atoms. The van der Waals surface area contributed by atoms with Gasteiger partial charge in [-0.25, -0.2) is 0 Å². The van der Waals surface area contributed by atoms with Crippen molar-refractivity contribution in [2.75, 3.05) is 25.6 Å². The van der Waals surface area contributed by atoms with Crippen LogP contribution in [-0.2, 0) is 9.53 Å². The van der Waals surface area contributed by atoms with Crippen molar-refractivity contribution in [1.82, 2.24) is 0 Å². The monoisotopic (exact) mass is 260 g/mol. The number of nitrogens with zero attached hydrogens (tertiary/aromatic N) is 1. The number of carbonyl (C=O) groups excluding carboxylic acids is 1. The highest BCUT2D eigenvalue weighted by Gasteiger charge is 2.22. The molecule has 1 amide bonds. The van der Waals surface area contributed by atoms with E-state index in [2.05, 4.69) is 11.4 Å². The third-order valence-electron chi connectivity index (χ3n) is 3.14. The van der Waals surface area contributed by atoms with Gasteiger partial charge in [-0.2, -0.15) is 5.26 Å². The van der Waals surface area contributed by atoms with Gasteiger partial charge in [0.05, 0.1) is 30.9 Å². The van der Waals surface area contributed by atoms with Gasteiger partial charge in [-0.05, 0) is 25.0 Å². The summed E-state index contributed by atoms with van der Waals surface area (Å²) in [4.78, 5) is 12.1.